The molecular weight excluding hydrogens is 388 g/mol. The van der Waals surface area contributed by atoms with Gasteiger partial charge >= 0.3 is 0 Å². The van der Waals surface area contributed by atoms with Crippen molar-refractivity contribution in [3.8, 4) is 0 Å². The first-order valence-corrected chi connectivity index (χ1v) is 11.3. The zero-order chi connectivity index (χ0) is 20.4. The molecule has 1 aliphatic heterocycles. The molecule has 0 saturated carbocycles. The molecule has 2 aromatic heterocycles. The van der Waals surface area contributed by atoms with Crippen LogP contribution in [0.1, 0.15) is 30.5 Å². The van der Waals surface area contributed by atoms with E-state index in [0.717, 1.165) is 24.2 Å². The lowest BCUT2D eigenvalue weighted by Crippen LogP contribution is -2.29. The van der Waals surface area contributed by atoms with Crippen molar-refractivity contribution in [1.82, 2.24) is 28.9 Å². The Labute approximate surface area is 171 Å². The molecule has 0 N–H and O–H groups in total. The normalized spacial score (nSPS) is 20.3. The molecule has 0 amide bonds. The van der Waals surface area contributed by atoms with Crippen molar-refractivity contribution in [1.29, 1.82) is 0 Å². The third-order valence-corrected chi connectivity index (χ3v) is 7.15. The monoisotopic (exact) mass is 414 g/mol. The Morgan fingerprint density at radius 3 is 2.62 bits per heavy atom. The van der Waals surface area contributed by atoms with Crippen LogP contribution in [0, 0.1) is 5.92 Å². The van der Waals surface area contributed by atoms with Crippen LogP contribution in [-0.2, 0) is 30.0 Å². The topological polar surface area (TPSA) is 85.9 Å². The molecule has 1 aromatic carbocycles. The lowest BCUT2D eigenvalue weighted by molar-refractivity contribution is 0.451. The molecule has 2 atom stereocenters. The fourth-order valence-corrected chi connectivity index (χ4v) is 5.49. The summed E-state index contributed by atoms with van der Waals surface area (Å²) in [5.74, 6) is 0.230. The summed E-state index contributed by atoms with van der Waals surface area (Å²) in [6.07, 6.45) is 6.73. The smallest absolute Gasteiger partial charge is 0.262 e. The number of nitrogens with zero attached hydrogens (tertiary/aromatic N) is 6. The number of imidazole rings is 1. The molecule has 154 valence electrons. The van der Waals surface area contributed by atoms with E-state index in [9.17, 15) is 8.42 Å². The Hall–Kier alpha value is -2.52. The van der Waals surface area contributed by atoms with Crippen LogP contribution in [0.4, 0.5) is 0 Å². The number of hydrogen-bond donors (Lipinski definition) is 0. The first kappa shape index (κ1) is 19.8. The van der Waals surface area contributed by atoms with Gasteiger partial charge in [-0.15, -0.1) is 5.10 Å². The molecule has 29 heavy (non-hydrogen) atoms. The van der Waals surface area contributed by atoms with E-state index in [1.807, 2.05) is 29.1 Å². The van der Waals surface area contributed by atoms with Crippen LogP contribution in [0.15, 0.2) is 54.1 Å². The Kier molecular flexibility index (Phi) is 5.51. The lowest BCUT2D eigenvalue weighted by atomic mass is 9.86. The summed E-state index contributed by atoms with van der Waals surface area (Å²) < 4.78 is 31.3. The van der Waals surface area contributed by atoms with Crippen LogP contribution in [0.3, 0.4) is 0 Å². The maximum Gasteiger partial charge on any atom is 0.262 e. The number of hydrogen-bond acceptors (Lipinski definition) is 5. The Bertz CT molecular complexity index is 1060. The number of rotatable bonds is 7. The quantitative estimate of drug-likeness (QED) is 0.591. The van der Waals surface area contributed by atoms with Gasteiger partial charge in [0, 0.05) is 45.0 Å². The Morgan fingerprint density at radius 1 is 1.14 bits per heavy atom. The summed E-state index contributed by atoms with van der Waals surface area (Å²) in [6.45, 7) is 3.82. The third-order valence-electron chi connectivity index (χ3n) is 5.43. The van der Waals surface area contributed by atoms with Crippen molar-refractivity contribution in [3.05, 3.63) is 60.3 Å². The van der Waals surface area contributed by atoms with Gasteiger partial charge in [0.25, 0.3) is 10.0 Å². The zero-order valence-corrected chi connectivity index (χ0v) is 17.5. The van der Waals surface area contributed by atoms with E-state index in [1.165, 1.54) is 6.33 Å². The molecule has 0 bridgehead atoms. The van der Waals surface area contributed by atoms with E-state index < -0.39 is 10.0 Å². The Balaban J connectivity index is 1.60. The van der Waals surface area contributed by atoms with Gasteiger partial charge in [0.05, 0.1) is 12.0 Å². The summed E-state index contributed by atoms with van der Waals surface area (Å²) in [6, 6.07) is 10.1. The van der Waals surface area contributed by atoms with E-state index in [2.05, 4.69) is 34.4 Å². The van der Waals surface area contributed by atoms with E-state index >= 15 is 0 Å². The second-order valence-electron chi connectivity index (χ2n) is 7.65. The van der Waals surface area contributed by atoms with Gasteiger partial charge in [-0.25, -0.2) is 13.4 Å². The van der Waals surface area contributed by atoms with Gasteiger partial charge in [0.1, 0.15) is 0 Å². The molecule has 0 radical (unpaired) electrons. The van der Waals surface area contributed by atoms with Crippen molar-refractivity contribution >= 4 is 10.0 Å². The number of aryl methyl sites for hydroxylation is 2. The summed E-state index contributed by atoms with van der Waals surface area (Å²) in [7, 11) is -1.86. The minimum atomic E-state index is -3.63. The summed E-state index contributed by atoms with van der Waals surface area (Å²) in [4.78, 5) is 4.07. The molecule has 0 aliphatic carbocycles. The number of aromatic nitrogens is 5. The fraction of sp³-hybridized carbons (Fsp3) is 0.450. The zero-order valence-electron chi connectivity index (χ0n) is 16.7. The molecule has 1 fully saturated rings. The predicted octanol–water partition coefficient (Wildman–Crippen LogP) is 2.07. The van der Waals surface area contributed by atoms with Gasteiger partial charge < -0.3 is 4.57 Å². The van der Waals surface area contributed by atoms with Gasteiger partial charge in [-0.2, -0.15) is 4.31 Å². The van der Waals surface area contributed by atoms with Crippen molar-refractivity contribution in [3.63, 3.8) is 0 Å². The van der Waals surface area contributed by atoms with Crippen molar-refractivity contribution < 1.29 is 8.42 Å². The molecule has 1 aliphatic rings. The van der Waals surface area contributed by atoms with Crippen LogP contribution >= 0.6 is 0 Å². The SMILES string of the molecule is CCCn1cc(CC2CN(S(=O)(=O)c3cn(C)cn3)CC2c2ccccc2)nn1. The van der Waals surface area contributed by atoms with Crippen LogP contribution < -0.4 is 0 Å². The molecule has 1 saturated heterocycles. The van der Waals surface area contributed by atoms with Gasteiger partial charge in [-0.1, -0.05) is 42.5 Å². The van der Waals surface area contributed by atoms with Crippen LogP contribution in [0.5, 0.6) is 0 Å². The summed E-state index contributed by atoms with van der Waals surface area (Å²) >= 11 is 0. The van der Waals surface area contributed by atoms with Gasteiger partial charge in [0.2, 0.25) is 0 Å². The molecule has 8 nitrogen and oxygen atoms in total. The number of benzene rings is 1. The van der Waals surface area contributed by atoms with Gasteiger partial charge in [-0.05, 0) is 24.3 Å². The van der Waals surface area contributed by atoms with Crippen LogP contribution in [0.2, 0.25) is 0 Å². The third kappa shape index (κ3) is 4.11. The summed E-state index contributed by atoms with van der Waals surface area (Å²) in [5, 5.41) is 8.59. The highest BCUT2D eigenvalue weighted by atomic mass is 32.2. The minimum Gasteiger partial charge on any atom is -0.339 e. The predicted molar refractivity (Wildman–Crippen MR) is 109 cm³/mol. The maximum atomic E-state index is 13.1. The Morgan fingerprint density at radius 2 is 1.93 bits per heavy atom. The van der Waals surface area contributed by atoms with Crippen molar-refractivity contribution in [2.24, 2.45) is 13.0 Å². The second-order valence-corrected chi connectivity index (χ2v) is 9.54. The van der Waals surface area contributed by atoms with Crippen LogP contribution in [0.25, 0.3) is 0 Å². The summed E-state index contributed by atoms with van der Waals surface area (Å²) in [5.41, 5.74) is 2.05. The molecule has 0 spiro atoms. The van der Waals surface area contributed by atoms with Gasteiger partial charge in [0.15, 0.2) is 5.03 Å². The molecule has 3 heterocycles. The second kappa shape index (κ2) is 8.08. The average Bonchev–Trinajstić information content (AvgIpc) is 3.44. The number of sulfonamides is 1. The highest BCUT2D eigenvalue weighted by Crippen LogP contribution is 2.37. The van der Waals surface area contributed by atoms with E-state index in [1.54, 1.807) is 22.1 Å². The molecule has 3 aromatic rings. The molecule has 4 rings (SSSR count). The first-order valence-electron chi connectivity index (χ1n) is 9.89. The standard InChI is InChI=1S/C20H26N6O2S/c1-3-9-25-12-18(22-23-25)10-17-11-26(13-19(17)16-7-5-4-6-8-16)29(27,28)20-14-24(2)15-21-20/h4-8,12,14-15,17,19H,3,9-11,13H2,1-2H3. The van der Waals surface area contributed by atoms with E-state index in [4.69, 9.17) is 0 Å². The maximum absolute atomic E-state index is 13.1. The highest BCUT2D eigenvalue weighted by Gasteiger charge is 2.41. The first-order chi connectivity index (χ1) is 14.0. The van der Waals surface area contributed by atoms with E-state index in [-0.39, 0.29) is 16.9 Å². The van der Waals surface area contributed by atoms with Gasteiger partial charge in [-0.3, -0.25) is 4.68 Å². The largest absolute Gasteiger partial charge is 0.339 e. The fourth-order valence-electron chi connectivity index (χ4n) is 4.01. The molecule has 9 heteroatoms. The molecule has 2 unspecified atom stereocenters. The average molecular weight is 415 g/mol. The van der Waals surface area contributed by atoms with Crippen molar-refractivity contribution in [2.75, 3.05) is 13.1 Å². The lowest BCUT2D eigenvalue weighted by Gasteiger charge is -2.17. The minimum absolute atomic E-state index is 0.0985. The highest BCUT2D eigenvalue weighted by molar-refractivity contribution is 7.89. The van der Waals surface area contributed by atoms with Crippen molar-refractivity contribution in [2.45, 2.75) is 37.3 Å². The van der Waals surface area contributed by atoms with E-state index in [0.29, 0.717) is 19.5 Å². The molecular formula is C20H26N6O2S. The van der Waals surface area contributed by atoms with Crippen LogP contribution in [-0.4, -0.2) is 50.4 Å².